The number of nitrogens with zero attached hydrogens (tertiary/aromatic N) is 2. The van der Waals surface area contributed by atoms with Gasteiger partial charge in [-0.15, -0.1) is 0 Å². The summed E-state index contributed by atoms with van der Waals surface area (Å²) in [6, 6.07) is 15.1. The molecule has 0 aliphatic heterocycles. The van der Waals surface area contributed by atoms with Crippen LogP contribution in [0.2, 0.25) is 5.02 Å². The minimum absolute atomic E-state index is 0.270. The smallest absolute Gasteiger partial charge is 0.294 e. The van der Waals surface area contributed by atoms with Gasteiger partial charge in [-0.3, -0.25) is 4.57 Å². The Morgan fingerprint density at radius 3 is 2.58 bits per heavy atom. The molecule has 0 spiro atoms. The van der Waals surface area contributed by atoms with Gasteiger partial charge in [-0.2, -0.15) is 4.98 Å². The van der Waals surface area contributed by atoms with E-state index >= 15 is 0 Å². The van der Waals surface area contributed by atoms with E-state index in [1.165, 1.54) is 0 Å². The van der Waals surface area contributed by atoms with Crippen molar-refractivity contribution >= 4 is 22.5 Å². The highest BCUT2D eigenvalue weighted by molar-refractivity contribution is 6.31. The zero-order valence-electron chi connectivity index (χ0n) is 10.3. The fourth-order valence-electron chi connectivity index (χ4n) is 2.19. The van der Waals surface area contributed by atoms with Crippen LogP contribution in [0.1, 0.15) is 0 Å². The molecule has 0 N–H and O–H groups in total. The van der Waals surface area contributed by atoms with E-state index in [-0.39, 0.29) is 5.69 Å². The summed E-state index contributed by atoms with van der Waals surface area (Å²) in [5, 5.41) is 1.51. The molecule has 3 aromatic rings. The van der Waals surface area contributed by atoms with Crippen molar-refractivity contribution in [2.45, 2.75) is 0 Å². The number of rotatable bonds is 1. The van der Waals surface area contributed by atoms with Crippen LogP contribution < -0.4 is 5.69 Å². The molecule has 3 rings (SSSR count). The summed E-state index contributed by atoms with van der Waals surface area (Å²) in [6.45, 7) is 0. The van der Waals surface area contributed by atoms with Crippen LogP contribution in [-0.2, 0) is 7.05 Å². The minimum Gasteiger partial charge on any atom is -0.294 e. The lowest BCUT2D eigenvalue weighted by atomic mass is 10.1. The summed E-state index contributed by atoms with van der Waals surface area (Å²) in [7, 11) is 1.72. The number of hydrogen-bond acceptors (Lipinski definition) is 2. The largest absolute Gasteiger partial charge is 0.348 e. The molecule has 1 heterocycles. The second kappa shape index (κ2) is 4.52. The van der Waals surface area contributed by atoms with Crippen molar-refractivity contribution in [2.75, 3.05) is 0 Å². The SMILES string of the molecule is Cn1c(-c2ccccc2)c2cc(Cl)ccc2nc1=O. The standard InChI is InChI=1S/C15H11ClN2O/c1-18-14(10-5-3-2-4-6-10)12-9-11(16)7-8-13(12)17-15(18)19/h2-9H,1H3. The molecule has 0 unspecified atom stereocenters. The van der Waals surface area contributed by atoms with Gasteiger partial charge < -0.3 is 0 Å². The summed E-state index contributed by atoms with van der Waals surface area (Å²) < 4.78 is 1.55. The maximum Gasteiger partial charge on any atom is 0.348 e. The number of fused-ring (bicyclic) bond motifs is 1. The third kappa shape index (κ3) is 2.02. The molecule has 0 amide bonds. The molecule has 19 heavy (non-hydrogen) atoms. The Bertz CT molecular complexity index is 809. The Hall–Kier alpha value is -2.13. The lowest BCUT2D eigenvalue weighted by molar-refractivity contribution is 0.836. The average Bonchev–Trinajstić information content (AvgIpc) is 2.42. The molecular formula is C15H11ClN2O. The fourth-order valence-corrected chi connectivity index (χ4v) is 2.37. The molecule has 3 nitrogen and oxygen atoms in total. The van der Waals surface area contributed by atoms with Gasteiger partial charge in [-0.25, -0.2) is 4.79 Å². The predicted molar refractivity (Wildman–Crippen MR) is 77.4 cm³/mol. The molecule has 0 radical (unpaired) electrons. The lowest BCUT2D eigenvalue weighted by Gasteiger charge is -2.11. The zero-order chi connectivity index (χ0) is 13.4. The van der Waals surface area contributed by atoms with Crippen molar-refractivity contribution in [3.63, 3.8) is 0 Å². The number of halogens is 1. The van der Waals surface area contributed by atoms with Gasteiger partial charge in [0, 0.05) is 17.5 Å². The van der Waals surface area contributed by atoms with E-state index in [4.69, 9.17) is 11.6 Å². The number of hydrogen-bond donors (Lipinski definition) is 0. The second-order valence-corrected chi connectivity index (χ2v) is 4.77. The second-order valence-electron chi connectivity index (χ2n) is 4.33. The van der Waals surface area contributed by atoms with E-state index in [1.807, 2.05) is 36.4 Å². The summed E-state index contributed by atoms with van der Waals surface area (Å²) in [4.78, 5) is 16.0. The molecule has 1 aromatic heterocycles. The van der Waals surface area contributed by atoms with Crippen LogP contribution in [0.25, 0.3) is 22.2 Å². The summed E-state index contributed by atoms with van der Waals surface area (Å²) >= 11 is 6.06. The first-order valence-electron chi connectivity index (χ1n) is 5.88. The first-order valence-corrected chi connectivity index (χ1v) is 6.26. The van der Waals surface area contributed by atoms with E-state index in [9.17, 15) is 4.79 Å². The molecule has 0 atom stereocenters. The van der Waals surface area contributed by atoms with Crippen LogP contribution in [0.5, 0.6) is 0 Å². The van der Waals surface area contributed by atoms with Crippen LogP contribution in [-0.4, -0.2) is 9.55 Å². The average molecular weight is 271 g/mol. The molecule has 94 valence electrons. The lowest BCUT2D eigenvalue weighted by Crippen LogP contribution is -2.21. The molecular weight excluding hydrogens is 260 g/mol. The highest BCUT2D eigenvalue weighted by Gasteiger charge is 2.10. The van der Waals surface area contributed by atoms with Crippen LogP contribution in [0, 0.1) is 0 Å². The van der Waals surface area contributed by atoms with Gasteiger partial charge in [0.25, 0.3) is 0 Å². The van der Waals surface area contributed by atoms with E-state index in [0.717, 1.165) is 16.6 Å². The Morgan fingerprint density at radius 2 is 1.84 bits per heavy atom. The van der Waals surface area contributed by atoms with Gasteiger partial charge in [0.05, 0.1) is 11.2 Å². The quantitative estimate of drug-likeness (QED) is 0.680. The molecule has 0 fully saturated rings. The molecule has 0 bridgehead atoms. The van der Waals surface area contributed by atoms with Crippen LogP contribution in [0.15, 0.2) is 53.3 Å². The first kappa shape index (κ1) is 11.9. The fraction of sp³-hybridized carbons (Fsp3) is 0.0667. The molecule has 0 aliphatic rings. The highest BCUT2D eigenvalue weighted by atomic mass is 35.5. The van der Waals surface area contributed by atoms with Gasteiger partial charge in [-0.05, 0) is 23.8 Å². The molecule has 2 aromatic carbocycles. The van der Waals surface area contributed by atoms with E-state index in [2.05, 4.69) is 4.98 Å². The van der Waals surface area contributed by atoms with Crippen LogP contribution in [0.4, 0.5) is 0 Å². The highest BCUT2D eigenvalue weighted by Crippen LogP contribution is 2.27. The predicted octanol–water partition coefficient (Wildman–Crippen LogP) is 3.25. The van der Waals surface area contributed by atoms with Gasteiger partial charge in [-0.1, -0.05) is 41.9 Å². The van der Waals surface area contributed by atoms with Crippen molar-refractivity contribution in [2.24, 2.45) is 7.05 Å². The normalized spacial score (nSPS) is 10.8. The topological polar surface area (TPSA) is 34.9 Å². The number of benzene rings is 2. The van der Waals surface area contributed by atoms with Gasteiger partial charge in [0.1, 0.15) is 0 Å². The summed E-state index contributed by atoms with van der Waals surface area (Å²) in [5.74, 6) is 0. The Balaban J connectivity index is 2.48. The third-order valence-electron chi connectivity index (χ3n) is 3.10. The maximum atomic E-state index is 11.9. The monoisotopic (exact) mass is 270 g/mol. The number of aromatic nitrogens is 2. The van der Waals surface area contributed by atoms with Crippen molar-refractivity contribution in [3.8, 4) is 11.3 Å². The van der Waals surface area contributed by atoms with Gasteiger partial charge in [0.15, 0.2) is 0 Å². The van der Waals surface area contributed by atoms with Gasteiger partial charge in [0.2, 0.25) is 0 Å². The molecule has 0 aliphatic carbocycles. The minimum atomic E-state index is -0.270. The Kier molecular flexibility index (Phi) is 2.84. The molecule has 0 saturated carbocycles. The van der Waals surface area contributed by atoms with Gasteiger partial charge >= 0.3 is 5.69 Å². The summed E-state index contributed by atoms with van der Waals surface area (Å²) in [6.07, 6.45) is 0. The summed E-state index contributed by atoms with van der Waals surface area (Å²) in [5.41, 5.74) is 2.19. The van der Waals surface area contributed by atoms with Crippen LogP contribution in [0.3, 0.4) is 0 Å². The van der Waals surface area contributed by atoms with Crippen molar-refractivity contribution < 1.29 is 0 Å². The Morgan fingerprint density at radius 1 is 1.11 bits per heavy atom. The van der Waals surface area contributed by atoms with E-state index in [0.29, 0.717) is 10.5 Å². The van der Waals surface area contributed by atoms with E-state index in [1.54, 1.807) is 23.7 Å². The van der Waals surface area contributed by atoms with Crippen molar-refractivity contribution in [3.05, 3.63) is 64.0 Å². The maximum absolute atomic E-state index is 11.9. The first-order chi connectivity index (χ1) is 9.16. The van der Waals surface area contributed by atoms with Crippen LogP contribution >= 0.6 is 11.6 Å². The molecule has 4 heteroatoms. The Labute approximate surface area is 115 Å². The third-order valence-corrected chi connectivity index (χ3v) is 3.33. The van der Waals surface area contributed by atoms with E-state index < -0.39 is 0 Å². The van der Waals surface area contributed by atoms with Crippen molar-refractivity contribution in [1.82, 2.24) is 9.55 Å². The van der Waals surface area contributed by atoms with Crippen molar-refractivity contribution in [1.29, 1.82) is 0 Å². The zero-order valence-corrected chi connectivity index (χ0v) is 11.1. The molecule has 0 saturated heterocycles.